The number of para-hydroxylation sites is 1. The van der Waals surface area contributed by atoms with Crippen molar-refractivity contribution in [1.29, 1.82) is 0 Å². The van der Waals surface area contributed by atoms with E-state index < -0.39 is 0 Å². The molecule has 0 unspecified atom stereocenters. The zero-order valence-corrected chi connectivity index (χ0v) is 14.1. The molecule has 0 fully saturated rings. The molecular formula is C18H18N2O3S. The summed E-state index contributed by atoms with van der Waals surface area (Å²) >= 11 is 1.15. The van der Waals surface area contributed by atoms with E-state index >= 15 is 0 Å². The maximum atomic E-state index is 12.2. The van der Waals surface area contributed by atoms with Crippen LogP contribution in [0.15, 0.2) is 53.3 Å². The number of nitrogens with zero attached hydrogens (tertiary/aromatic N) is 1. The summed E-state index contributed by atoms with van der Waals surface area (Å²) in [5.41, 5.74) is 1.78. The van der Waals surface area contributed by atoms with Crippen molar-refractivity contribution >= 4 is 27.5 Å². The molecule has 2 aromatic carbocycles. The summed E-state index contributed by atoms with van der Waals surface area (Å²) in [6, 6.07) is 15.1. The SMILES string of the molecule is CCOc1ccc(CNC(=O)Cn2c(=O)sc3ccccc32)cc1. The average molecular weight is 342 g/mol. The molecule has 0 atom stereocenters. The summed E-state index contributed by atoms with van der Waals surface area (Å²) in [5, 5.41) is 2.85. The van der Waals surface area contributed by atoms with Gasteiger partial charge in [-0.2, -0.15) is 0 Å². The highest BCUT2D eigenvalue weighted by Crippen LogP contribution is 2.16. The van der Waals surface area contributed by atoms with Gasteiger partial charge in [0.25, 0.3) is 0 Å². The van der Waals surface area contributed by atoms with Crippen molar-refractivity contribution < 1.29 is 9.53 Å². The first kappa shape index (κ1) is 16.3. The topological polar surface area (TPSA) is 60.3 Å². The van der Waals surface area contributed by atoms with Gasteiger partial charge in [-0.25, -0.2) is 0 Å². The number of aromatic nitrogens is 1. The van der Waals surface area contributed by atoms with Gasteiger partial charge in [-0.15, -0.1) is 0 Å². The monoisotopic (exact) mass is 342 g/mol. The second kappa shape index (κ2) is 7.31. The molecular weight excluding hydrogens is 324 g/mol. The molecule has 1 heterocycles. The van der Waals surface area contributed by atoms with E-state index in [4.69, 9.17) is 4.74 Å². The summed E-state index contributed by atoms with van der Waals surface area (Å²) in [7, 11) is 0. The fourth-order valence-electron chi connectivity index (χ4n) is 2.43. The van der Waals surface area contributed by atoms with Crippen LogP contribution in [0, 0.1) is 0 Å². The number of nitrogens with one attached hydrogen (secondary N) is 1. The number of carbonyl (C=O) groups is 1. The number of rotatable bonds is 6. The van der Waals surface area contributed by atoms with Crippen LogP contribution in [-0.2, 0) is 17.9 Å². The smallest absolute Gasteiger partial charge is 0.308 e. The fraction of sp³-hybridized carbons (Fsp3) is 0.222. The number of hydrogen-bond donors (Lipinski definition) is 1. The summed E-state index contributed by atoms with van der Waals surface area (Å²) in [4.78, 5) is 24.1. The molecule has 1 amide bonds. The number of carbonyl (C=O) groups excluding carboxylic acids is 1. The molecule has 0 aliphatic carbocycles. The van der Waals surface area contributed by atoms with Crippen molar-refractivity contribution in [2.45, 2.75) is 20.0 Å². The van der Waals surface area contributed by atoms with Crippen LogP contribution in [0.5, 0.6) is 5.75 Å². The minimum absolute atomic E-state index is 0.0277. The molecule has 3 aromatic rings. The van der Waals surface area contributed by atoms with E-state index in [0.717, 1.165) is 32.9 Å². The van der Waals surface area contributed by atoms with E-state index in [1.165, 1.54) is 4.57 Å². The highest BCUT2D eigenvalue weighted by Gasteiger charge is 2.10. The summed E-state index contributed by atoms with van der Waals surface area (Å²) in [5.74, 6) is 0.624. The lowest BCUT2D eigenvalue weighted by molar-refractivity contribution is -0.121. The third-order valence-electron chi connectivity index (χ3n) is 3.60. The van der Waals surface area contributed by atoms with Crippen LogP contribution in [0.2, 0.25) is 0 Å². The van der Waals surface area contributed by atoms with Crippen LogP contribution in [0.4, 0.5) is 0 Å². The predicted octanol–water partition coefficient (Wildman–Crippen LogP) is 2.78. The molecule has 0 aliphatic rings. The van der Waals surface area contributed by atoms with Crippen LogP contribution in [0.3, 0.4) is 0 Å². The Morgan fingerprint density at radius 1 is 1.17 bits per heavy atom. The normalized spacial score (nSPS) is 10.7. The van der Waals surface area contributed by atoms with Crippen LogP contribution in [-0.4, -0.2) is 17.1 Å². The molecule has 0 saturated heterocycles. The van der Waals surface area contributed by atoms with Crippen LogP contribution in [0.1, 0.15) is 12.5 Å². The number of benzene rings is 2. The van der Waals surface area contributed by atoms with E-state index in [-0.39, 0.29) is 17.3 Å². The molecule has 5 nitrogen and oxygen atoms in total. The van der Waals surface area contributed by atoms with Crippen molar-refractivity contribution in [3.63, 3.8) is 0 Å². The minimum Gasteiger partial charge on any atom is -0.494 e. The molecule has 6 heteroatoms. The Kier molecular flexibility index (Phi) is 4.96. The van der Waals surface area contributed by atoms with Gasteiger partial charge in [0.15, 0.2) is 0 Å². The third kappa shape index (κ3) is 3.65. The van der Waals surface area contributed by atoms with Crippen LogP contribution < -0.4 is 14.9 Å². The van der Waals surface area contributed by atoms with E-state index in [2.05, 4.69) is 5.32 Å². The summed E-state index contributed by atoms with van der Waals surface area (Å²) in [6.07, 6.45) is 0. The first-order chi connectivity index (χ1) is 11.7. The lowest BCUT2D eigenvalue weighted by atomic mass is 10.2. The molecule has 0 radical (unpaired) electrons. The Labute approximate surface area is 143 Å². The summed E-state index contributed by atoms with van der Waals surface area (Å²) < 4.78 is 7.78. The number of thiazole rings is 1. The average Bonchev–Trinajstić information content (AvgIpc) is 2.90. The number of amides is 1. The highest BCUT2D eigenvalue weighted by molar-refractivity contribution is 7.16. The number of ether oxygens (including phenoxy) is 1. The van der Waals surface area contributed by atoms with Gasteiger partial charge >= 0.3 is 4.87 Å². The largest absolute Gasteiger partial charge is 0.494 e. The lowest BCUT2D eigenvalue weighted by Gasteiger charge is -2.08. The van der Waals surface area contributed by atoms with Crippen molar-refractivity contribution in [3.05, 3.63) is 63.8 Å². The Balaban J connectivity index is 1.63. The quantitative estimate of drug-likeness (QED) is 0.749. The molecule has 24 heavy (non-hydrogen) atoms. The van der Waals surface area contributed by atoms with E-state index in [1.807, 2.05) is 55.5 Å². The lowest BCUT2D eigenvalue weighted by Crippen LogP contribution is -2.30. The minimum atomic E-state index is -0.186. The molecule has 1 aromatic heterocycles. The maximum absolute atomic E-state index is 12.2. The van der Waals surface area contributed by atoms with Gasteiger partial charge in [0.2, 0.25) is 5.91 Å². The number of hydrogen-bond acceptors (Lipinski definition) is 4. The molecule has 0 saturated carbocycles. The van der Waals surface area contributed by atoms with Gasteiger partial charge in [0.05, 0.1) is 16.8 Å². The zero-order chi connectivity index (χ0) is 16.9. The zero-order valence-electron chi connectivity index (χ0n) is 13.3. The van der Waals surface area contributed by atoms with Gasteiger partial charge in [-0.1, -0.05) is 35.6 Å². The molecule has 0 spiro atoms. The molecule has 3 rings (SSSR count). The van der Waals surface area contributed by atoms with Gasteiger partial charge in [-0.3, -0.25) is 14.2 Å². The molecule has 124 valence electrons. The van der Waals surface area contributed by atoms with Crippen LogP contribution >= 0.6 is 11.3 Å². The Bertz CT molecular complexity index is 897. The van der Waals surface area contributed by atoms with Crippen molar-refractivity contribution in [2.24, 2.45) is 0 Å². The fourth-order valence-corrected chi connectivity index (χ4v) is 3.32. The first-order valence-corrected chi connectivity index (χ1v) is 8.56. The van der Waals surface area contributed by atoms with E-state index in [9.17, 15) is 9.59 Å². The Morgan fingerprint density at radius 3 is 2.67 bits per heavy atom. The van der Waals surface area contributed by atoms with Gasteiger partial charge in [0.1, 0.15) is 12.3 Å². The van der Waals surface area contributed by atoms with Crippen molar-refractivity contribution in [2.75, 3.05) is 6.61 Å². The van der Waals surface area contributed by atoms with Gasteiger partial charge in [0, 0.05) is 6.54 Å². The highest BCUT2D eigenvalue weighted by atomic mass is 32.1. The van der Waals surface area contributed by atoms with Crippen molar-refractivity contribution in [3.8, 4) is 5.75 Å². The first-order valence-electron chi connectivity index (χ1n) is 7.74. The Hall–Kier alpha value is -2.60. The molecule has 0 aliphatic heterocycles. The van der Waals surface area contributed by atoms with E-state index in [1.54, 1.807) is 0 Å². The molecule has 1 N–H and O–H groups in total. The van der Waals surface area contributed by atoms with E-state index in [0.29, 0.717) is 13.2 Å². The standard InChI is InChI=1S/C18H18N2O3S/c1-2-23-14-9-7-13(8-10-14)11-19-17(21)12-20-15-5-3-4-6-16(15)24-18(20)22/h3-10H,2,11-12H2,1H3,(H,19,21). The van der Waals surface area contributed by atoms with Gasteiger partial charge < -0.3 is 10.1 Å². The second-order valence-corrected chi connectivity index (χ2v) is 6.27. The summed E-state index contributed by atoms with van der Waals surface area (Å²) in [6.45, 7) is 3.01. The Morgan fingerprint density at radius 2 is 1.92 bits per heavy atom. The number of fused-ring (bicyclic) bond motifs is 1. The van der Waals surface area contributed by atoms with Crippen molar-refractivity contribution in [1.82, 2.24) is 9.88 Å². The maximum Gasteiger partial charge on any atom is 0.308 e. The second-order valence-electron chi connectivity index (χ2n) is 5.28. The van der Waals surface area contributed by atoms with Crippen LogP contribution in [0.25, 0.3) is 10.2 Å². The van der Waals surface area contributed by atoms with Gasteiger partial charge in [-0.05, 0) is 36.8 Å². The predicted molar refractivity (Wildman–Crippen MR) is 95.5 cm³/mol. The third-order valence-corrected chi connectivity index (χ3v) is 4.56. The molecule has 0 bridgehead atoms.